The lowest BCUT2D eigenvalue weighted by Gasteiger charge is -2.34. The highest BCUT2D eigenvalue weighted by atomic mass is 32.2. The molecule has 2 amide bonds. The maximum atomic E-state index is 12.4. The van der Waals surface area contributed by atoms with Crippen LogP contribution in [0.3, 0.4) is 0 Å². The van der Waals surface area contributed by atoms with Gasteiger partial charge in [0.2, 0.25) is 5.88 Å². The molecule has 0 bridgehead atoms. The summed E-state index contributed by atoms with van der Waals surface area (Å²) < 4.78 is 10.4. The first-order valence-corrected chi connectivity index (χ1v) is 10.7. The van der Waals surface area contributed by atoms with Crippen molar-refractivity contribution in [3.05, 3.63) is 35.9 Å². The number of nitrogens with zero attached hydrogens (tertiary/aromatic N) is 4. The molecule has 12 heteroatoms. The molecule has 0 radical (unpaired) electrons. The van der Waals surface area contributed by atoms with Crippen LogP contribution in [-0.2, 0) is 0 Å². The summed E-state index contributed by atoms with van der Waals surface area (Å²) in [7, 11) is 3.04. The molecular formula is C20H22N6O5S. The van der Waals surface area contributed by atoms with Gasteiger partial charge in [-0.3, -0.25) is 10.3 Å². The Bertz CT molecular complexity index is 1040. The Balaban J connectivity index is 1.38. The summed E-state index contributed by atoms with van der Waals surface area (Å²) in [6, 6.07) is 7.75. The van der Waals surface area contributed by atoms with E-state index in [1.165, 1.54) is 38.1 Å². The van der Waals surface area contributed by atoms with Gasteiger partial charge in [-0.1, -0.05) is 23.9 Å². The minimum Gasteiger partial charge on any atom is -0.481 e. The van der Waals surface area contributed by atoms with E-state index in [1.54, 1.807) is 18.2 Å². The lowest BCUT2D eigenvalue weighted by Crippen LogP contribution is -2.43. The molecule has 3 N–H and O–H groups in total. The topological polar surface area (TPSA) is 138 Å². The lowest BCUT2D eigenvalue weighted by atomic mass is 10.1. The highest BCUT2D eigenvalue weighted by Gasteiger charge is 2.36. The number of carboxylic acids is 1. The first-order valence-electron chi connectivity index (χ1n) is 9.83. The number of aromatic nitrogens is 2. The van der Waals surface area contributed by atoms with Gasteiger partial charge in [0.25, 0.3) is 0 Å². The van der Waals surface area contributed by atoms with Crippen LogP contribution in [0.15, 0.2) is 35.3 Å². The second kappa shape index (κ2) is 9.30. The molecule has 1 aromatic heterocycles. The number of ether oxygens (including phenoxy) is 2. The number of anilines is 2. The minimum absolute atomic E-state index is 0.0173. The molecule has 2 aliphatic rings. The molecule has 2 unspecified atom stereocenters. The number of aliphatic imine (C=N–C) groups is 1. The predicted molar refractivity (Wildman–Crippen MR) is 120 cm³/mol. The van der Waals surface area contributed by atoms with Crippen molar-refractivity contribution >= 4 is 40.4 Å². The Morgan fingerprint density at radius 1 is 1.19 bits per heavy atom. The number of urea groups is 1. The number of carbonyl (C=O) groups excluding carboxylic acids is 1. The number of hydrogen-bond acceptors (Lipinski definition) is 9. The van der Waals surface area contributed by atoms with Gasteiger partial charge in [0.1, 0.15) is 5.82 Å². The van der Waals surface area contributed by atoms with Gasteiger partial charge in [0.05, 0.1) is 36.8 Å². The summed E-state index contributed by atoms with van der Waals surface area (Å²) in [5, 5.41) is 15.2. The summed E-state index contributed by atoms with van der Waals surface area (Å²) in [5.74, 6) is 0.0136. The number of carboxylic acid groups (broad SMARTS) is 1. The van der Waals surface area contributed by atoms with Crippen LogP contribution >= 0.6 is 11.8 Å². The number of rotatable bonds is 5. The number of nitrogens with one attached hydrogen (secondary N) is 2. The monoisotopic (exact) mass is 458 g/mol. The maximum Gasteiger partial charge on any atom is 0.337 e. The third kappa shape index (κ3) is 4.69. The van der Waals surface area contributed by atoms with Crippen molar-refractivity contribution in [3.63, 3.8) is 0 Å². The number of hydrogen-bond donors (Lipinski definition) is 3. The van der Waals surface area contributed by atoms with Crippen LogP contribution in [0.5, 0.6) is 11.9 Å². The smallest absolute Gasteiger partial charge is 0.337 e. The van der Waals surface area contributed by atoms with Crippen molar-refractivity contribution in [1.82, 2.24) is 15.3 Å². The number of para-hydroxylation sites is 1. The Labute approximate surface area is 188 Å². The van der Waals surface area contributed by atoms with E-state index in [-0.39, 0.29) is 28.6 Å². The van der Waals surface area contributed by atoms with Gasteiger partial charge in [-0.2, -0.15) is 9.97 Å². The first kappa shape index (κ1) is 21.7. The van der Waals surface area contributed by atoms with E-state index >= 15 is 0 Å². The van der Waals surface area contributed by atoms with Crippen molar-refractivity contribution in [2.24, 2.45) is 4.99 Å². The molecule has 1 saturated heterocycles. The van der Waals surface area contributed by atoms with Gasteiger partial charge in [0, 0.05) is 19.2 Å². The second-order valence-corrected chi connectivity index (χ2v) is 8.31. The Morgan fingerprint density at radius 3 is 2.75 bits per heavy atom. The molecule has 0 spiro atoms. The van der Waals surface area contributed by atoms with Crippen molar-refractivity contribution < 1.29 is 24.2 Å². The van der Waals surface area contributed by atoms with Crippen LogP contribution in [0, 0.1) is 0 Å². The Morgan fingerprint density at radius 2 is 2.00 bits per heavy atom. The largest absolute Gasteiger partial charge is 0.481 e. The van der Waals surface area contributed by atoms with E-state index in [1.807, 2.05) is 0 Å². The number of thioether (sulfide) groups is 1. The molecule has 1 fully saturated rings. The number of amides is 2. The highest BCUT2D eigenvalue weighted by molar-refractivity contribution is 8.14. The highest BCUT2D eigenvalue weighted by Crippen LogP contribution is 2.34. The van der Waals surface area contributed by atoms with Crippen LogP contribution in [0.25, 0.3) is 0 Å². The first-order chi connectivity index (χ1) is 15.5. The van der Waals surface area contributed by atoms with Gasteiger partial charge in [-0.15, -0.1) is 0 Å². The number of methoxy groups -OCH3 is 2. The van der Waals surface area contributed by atoms with Crippen LogP contribution in [-0.4, -0.2) is 70.8 Å². The minimum atomic E-state index is -1.11. The number of benzene rings is 1. The molecule has 3 heterocycles. The van der Waals surface area contributed by atoms with Gasteiger partial charge < -0.3 is 24.8 Å². The second-order valence-electron chi connectivity index (χ2n) is 7.08. The number of carbonyl (C=O) groups is 2. The average molecular weight is 459 g/mol. The summed E-state index contributed by atoms with van der Waals surface area (Å²) in [6.45, 7) is 1.41. The summed E-state index contributed by atoms with van der Waals surface area (Å²) in [4.78, 5) is 39.0. The Hall–Kier alpha value is -3.54. The molecule has 2 aliphatic heterocycles. The average Bonchev–Trinajstić information content (AvgIpc) is 3.20. The number of aromatic carboxylic acids is 1. The molecule has 11 nitrogen and oxygen atoms in total. The molecular weight excluding hydrogens is 436 g/mol. The molecule has 4 rings (SSSR count). The SMILES string of the molecule is COc1cc(N2CCC3N=C(NC(=O)Nc4ccccc4C(=O)O)SC3C2)nc(OC)n1. The van der Waals surface area contributed by atoms with Crippen LogP contribution < -0.4 is 25.0 Å². The fraction of sp³-hybridized carbons (Fsp3) is 0.350. The fourth-order valence-corrected chi connectivity index (χ4v) is 4.78. The van der Waals surface area contributed by atoms with Crippen molar-refractivity contribution in [2.75, 3.05) is 37.5 Å². The van der Waals surface area contributed by atoms with Gasteiger partial charge in [-0.25, -0.2) is 9.59 Å². The normalized spacial score (nSPS) is 19.6. The van der Waals surface area contributed by atoms with E-state index in [4.69, 9.17) is 9.47 Å². The molecule has 2 aromatic rings. The van der Waals surface area contributed by atoms with Crippen LogP contribution in [0.2, 0.25) is 0 Å². The third-order valence-electron chi connectivity index (χ3n) is 5.08. The zero-order valence-electron chi connectivity index (χ0n) is 17.4. The fourth-order valence-electron chi connectivity index (χ4n) is 3.54. The van der Waals surface area contributed by atoms with Crippen molar-refractivity contribution in [1.29, 1.82) is 0 Å². The molecule has 168 valence electrons. The molecule has 1 aromatic carbocycles. The van der Waals surface area contributed by atoms with E-state index < -0.39 is 12.0 Å². The molecule has 0 aliphatic carbocycles. The summed E-state index contributed by atoms with van der Waals surface area (Å²) in [5.41, 5.74) is 0.236. The molecule has 2 atom stereocenters. The van der Waals surface area contributed by atoms with Gasteiger partial charge in [0.15, 0.2) is 5.17 Å². The number of fused-ring (bicyclic) bond motifs is 1. The zero-order valence-corrected chi connectivity index (χ0v) is 18.3. The summed E-state index contributed by atoms with van der Waals surface area (Å²) in [6.07, 6.45) is 0.793. The van der Waals surface area contributed by atoms with Crippen molar-refractivity contribution in [2.45, 2.75) is 17.7 Å². The third-order valence-corrected chi connectivity index (χ3v) is 6.28. The predicted octanol–water partition coefficient (Wildman–Crippen LogP) is 2.06. The Kier molecular flexibility index (Phi) is 6.30. The zero-order chi connectivity index (χ0) is 22.7. The standard InChI is InChI=1S/C20H22N6O5S/c1-30-16-9-15(23-19(24-16)31-2)26-8-7-13-14(10-26)32-20(22-13)25-18(29)21-12-6-4-3-5-11(12)17(27)28/h3-6,9,13-14H,7-8,10H2,1-2H3,(H,27,28)(H2,21,22,25,29). The van der Waals surface area contributed by atoms with Gasteiger partial charge >= 0.3 is 18.0 Å². The van der Waals surface area contributed by atoms with E-state index in [0.717, 1.165) is 13.0 Å². The maximum absolute atomic E-state index is 12.4. The van der Waals surface area contributed by atoms with E-state index in [9.17, 15) is 14.7 Å². The van der Waals surface area contributed by atoms with Crippen LogP contribution in [0.4, 0.5) is 16.3 Å². The lowest BCUT2D eigenvalue weighted by molar-refractivity contribution is 0.0698. The quantitative estimate of drug-likeness (QED) is 0.614. The van der Waals surface area contributed by atoms with Gasteiger partial charge in [-0.05, 0) is 18.6 Å². The number of amidine groups is 1. The van der Waals surface area contributed by atoms with Crippen molar-refractivity contribution in [3.8, 4) is 11.9 Å². The molecule has 32 heavy (non-hydrogen) atoms. The van der Waals surface area contributed by atoms with E-state index in [2.05, 4.69) is 30.5 Å². The van der Waals surface area contributed by atoms with E-state index in [0.29, 0.717) is 23.4 Å². The van der Waals surface area contributed by atoms with Crippen LogP contribution in [0.1, 0.15) is 16.8 Å². The molecule has 0 saturated carbocycles. The number of piperidine rings is 1. The summed E-state index contributed by atoms with van der Waals surface area (Å²) >= 11 is 1.48.